The largest absolute Gasteiger partial charge is 0.253 e. The number of hydrogen-bond donors (Lipinski definition) is 0. The lowest BCUT2D eigenvalue weighted by Crippen LogP contribution is -1.99. The first-order valence-corrected chi connectivity index (χ1v) is 5.91. The molecule has 0 radical (unpaired) electrons. The Morgan fingerprint density at radius 1 is 1.18 bits per heavy atom. The molecule has 0 atom stereocenters. The Morgan fingerprint density at radius 3 is 2.53 bits per heavy atom. The van der Waals surface area contributed by atoms with E-state index < -0.39 is 0 Å². The van der Waals surface area contributed by atoms with Gasteiger partial charge in [-0.2, -0.15) is 0 Å². The first-order chi connectivity index (χ1) is 8.06. The van der Waals surface area contributed by atoms with Crippen molar-refractivity contribution in [3.63, 3.8) is 0 Å². The number of nitrogens with zero attached hydrogens (tertiary/aromatic N) is 3. The van der Waals surface area contributed by atoms with Crippen molar-refractivity contribution >= 4 is 11.6 Å². The summed E-state index contributed by atoms with van der Waals surface area (Å²) in [5.74, 6) is 0.904. The van der Waals surface area contributed by atoms with Gasteiger partial charge in [0.15, 0.2) is 5.82 Å². The fourth-order valence-electron chi connectivity index (χ4n) is 1.45. The highest BCUT2D eigenvalue weighted by molar-refractivity contribution is 6.29. The van der Waals surface area contributed by atoms with Crippen LogP contribution in [0.15, 0.2) is 24.4 Å². The number of aryl methyl sites for hydroxylation is 1. The van der Waals surface area contributed by atoms with Crippen molar-refractivity contribution in [2.24, 2.45) is 0 Å². The summed E-state index contributed by atoms with van der Waals surface area (Å²) in [5.41, 5.74) is 2.79. The van der Waals surface area contributed by atoms with Crippen LogP contribution >= 0.6 is 11.6 Å². The molecule has 0 saturated carbocycles. The van der Waals surface area contributed by atoms with Gasteiger partial charge in [-0.15, -0.1) is 0 Å². The van der Waals surface area contributed by atoms with Crippen molar-refractivity contribution < 1.29 is 0 Å². The van der Waals surface area contributed by atoms with Crippen LogP contribution in [-0.2, 0) is 0 Å². The van der Waals surface area contributed by atoms with E-state index >= 15 is 0 Å². The monoisotopic (exact) mass is 247 g/mol. The molecule has 0 aromatic carbocycles. The molecule has 0 amide bonds. The molecule has 4 heteroatoms. The zero-order valence-electron chi connectivity index (χ0n) is 10.1. The molecule has 0 aliphatic rings. The standard InChI is InChI=1S/C13H14ClN3/c1-8(2)11-6-12(14)17-13(16-11)10-5-4-9(3)7-15-10/h4-8H,1-3H3. The van der Waals surface area contributed by atoms with E-state index in [1.165, 1.54) is 0 Å². The maximum Gasteiger partial charge on any atom is 0.179 e. The Bertz CT molecular complexity index is 521. The maximum atomic E-state index is 6.00. The molecule has 2 aromatic rings. The summed E-state index contributed by atoms with van der Waals surface area (Å²) >= 11 is 6.00. The fraction of sp³-hybridized carbons (Fsp3) is 0.308. The third-order valence-corrected chi connectivity index (χ3v) is 2.64. The van der Waals surface area contributed by atoms with E-state index in [0.717, 1.165) is 17.0 Å². The third-order valence-electron chi connectivity index (χ3n) is 2.45. The summed E-state index contributed by atoms with van der Waals surface area (Å²) in [6.07, 6.45) is 1.80. The van der Waals surface area contributed by atoms with Crippen LogP contribution in [0.4, 0.5) is 0 Å². The van der Waals surface area contributed by atoms with E-state index in [9.17, 15) is 0 Å². The molecule has 3 nitrogen and oxygen atoms in total. The van der Waals surface area contributed by atoms with Crippen molar-refractivity contribution in [3.05, 3.63) is 40.8 Å². The lowest BCUT2D eigenvalue weighted by molar-refractivity contribution is 0.816. The highest BCUT2D eigenvalue weighted by atomic mass is 35.5. The number of pyridine rings is 1. The van der Waals surface area contributed by atoms with Gasteiger partial charge in [-0.05, 0) is 30.5 Å². The van der Waals surface area contributed by atoms with Crippen molar-refractivity contribution in [2.45, 2.75) is 26.7 Å². The Balaban J connectivity index is 2.48. The van der Waals surface area contributed by atoms with Gasteiger partial charge in [0.1, 0.15) is 10.8 Å². The first kappa shape index (κ1) is 12.0. The number of halogens is 1. The predicted octanol–water partition coefficient (Wildman–Crippen LogP) is 3.62. The molecule has 0 N–H and O–H groups in total. The highest BCUT2D eigenvalue weighted by Gasteiger charge is 2.09. The van der Waals surface area contributed by atoms with Gasteiger partial charge in [0.2, 0.25) is 0 Å². The van der Waals surface area contributed by atoms with E-state index in [0.29, 0.717) is 16.9 Å². The smallest absolute Gasteiger partial charge is 0.179 e. The van der Waals surface area contributed by atoms with Gasteiger partial charge in [-0.1, -0.05) is 31.5 Å². The Morgan fingerprint density at radius 2 is 1.94 bits per heavy atom. The van der Waals surface area contributed by atoms with E-state index in [-0.39, 0.29) is 0 Å². The summed E-state index contributed by atoms with van der Waals surface area (Å²) in [6.45, 7) is 6.14. The van der Waals surface area contributed by atoms with Crippen LogP contribution in [0.2, 0.25) is 5.15 Å². The van der Waals surface area contributed by atoms with Gasteiger partial charge in [-0.25, -0.2) is 9.97 Å². The Kier molecular flexibility index (Phi) is 3.38. The summed E-state index contributed by atoms with van der Waals surface area (Å²) in [5, 5.41) is 0.459. The second-order valence-corrected chi connectivity index (χ2v) is 4.70. The summed E-state index contributed by atoms with van der Waals surface area (Å²) in [6, 6.07) is 5.69. The summed E-state index contributed by atoms with van der Waals surface area (Å²) < 4.78 is 0. The molecule has 88 valence electrons. The maximum absolute atomic E-state index is 6.00. The lowest BCUT2D eigenvalue weighted by atomic mass is 10.1. The fourth-order valence-corrected chi connectivity index (χ4v) is 1.64. The number of aromatic nitrogens is 3. The van der Waals surface area contributed by atoms with Crippen molar-refractivity contribution in [1.29, 1.82) is 0 Å². The van der Waals surface area contributed by atoms with E-state index in [1.807, 2.05) is 19.1 Å². The zero-order chi connectivity index (χ0) is 12.4. The predicted molar refractivity (Wildman–Crippen MR) is 69.1 cm³/mol. The highest BCUT2D eigenvalue weighted by Crippen LogP contribution is 2.20. The van der Waals surface area contributed by atoms with E-state index in [1.54, 1.807) is 12.3 Å². The Hall–Kier alpha value is -1.48. The molecule has 2 aromatic heterocycles. The quantitative estimate of drug-likeness (QED) is 0.761. The van der Waals surface area contributed by atoms with Crippen LogP contribution < -0.4 is 0 Å². The third kappa shape index (κ3) is 2.80. The van der Waals surface area contributed by atoms with Crippen LogP contribution in [0.5, 0.6) is 0 Å². The van der Waals surface area contributed by atoms with Gasteiger partial charge in [0, 0.05) is 11.9 Å². The van der Waals surface area contributed by atoms with Crippen LogP contribution in [0.3, 0.4) is 0 Å². The summed E-state index contributed by atoms with van der Waals surface area (Å²) in [7, 11) is 0. The molecule has 0 aliphatic carbocycles. The van der Waals surface area contributed by atoms with Crippen LogP contribution in [0.1, 0.15) is 31.0 Å². The molecule has 2 heterocycles. The molecule has 17 heavy (non-hydrogen) atoms. The van der Waals surface area contributed by atoms with Crippen LogP contribution in [0.25, 0.3) is 11.5 Å². The molecule has 0 bridgehead atoms. The molecular weight excluding hydrogens is 234 g/mol. The Labute approximate surface area is 106 Å². The van der Waals surface area contributed by atoms with Gasteiger partial charge in [-0.3, -0.25) is 4.98 Å². The van der Waals surface area contributed by atoms with Gasteiger partial charge in [0.05, 0.1) is 0 Å². The molecular formula is C13H14ClN3. The van der Waals surface area contributed by atoms with Gasteiger partial charge >= 0.3 is 0 Å². The average molecular weight is 248 g/mol. The molecule has 0 unspecified atom stereocenters. The summed E-state index contributed by atoms with van der Waals surface area (Å²) in [4.78, 5) is 13.0. The number of rotatable bonds is 2. The molecule has 0 fully saturated rings. The molecule has 0 spiro atoms. The first-order valence-electron chi connectivity index (χ1n) is 5.54. The average Bonchev–Trinajstić information content (AvgIpc) is 2.29. The number of hydrogen-bond acceptors (Lipinski definition) is 3. The van der Waals surface area contributed by atoms with E-state index in [4.69, 9.17) is 11.6 Å². The minimum absolute atomic E-state index is 0.319. The van der Waals surface area contributed by atoms with Crippen molar-refractivity contribution in [1.82, 2.24) is 15.0 Å². The zero-order valence-corrected chi connectivity index (χ0v) is 10.9. The second-order valence-electron chi connectivity index (χ2n) is 4.31. The normalized spacial score (nSPS) is 10.9. The van der Waals surface area contributed by atoms with Crippen molar-refractivity contribution in [2.75, 3.05) is 0 Å². The topological polar surface area (TPSA) is 38.7 Å². The van der Waals surface area contributed by atoms with Gasteiger partial charge < -0.3 is 0 Å². The SMILES string of the molecule is Cc1ccc(-c2nc(Cl)cc(C(C)C)n2)nc1. The minimum Gasteiger partial charge on any atom is -0.253 e. The van der Waals surface area contributed by atoms with E-state index in [2.05, 4.69) is 28.8 Å². The molecule has 2 rings (SSSR count). The van der Waals surface area contributed by atoms with Gasteiger partial charge in [0.25, 0.3) is 0 Å². The molecule has 0 saturated heterocycles. The lowest BCUT2D eigenvalue weighted by Gasteiger charge is -2.07. The molecule has 0 aliphatic heterocycles. The van der Waals surface area contributed by atoms with Crippen LogP contribution in [-0.4, -0.2) is 15.0 Å². The second kappa shape index (κ2) is 4.80. The van der Waals surface area contributed by atoms with Crippen molar-refractivity contribution in [3.8, 4) is 11.5 Å². The van der Waals surface area contributed by atoms with Crippen LogP contribution in [0, 0.1) is 6.92 Å². The minimum atomic E-state index is 0.319.